The maximum absolute atomic E-state index is 12.7. The first kappa shape index (κ1) is 12.8. The fourth-order valence-electron chi connectivity index (χ4n) is 1.44. The monoisotopic (exact) mass is 238 g/mol. The van der Waals surface area contributed by atoms with E-state index in [1.165, 1.54) is 20.8 Å². The van der Waals surface area contributed by atoms with Gasteiger partial charge in [-0.15, -0.1) is 0 Å². The van der Waals surface area contributed by atoms with Crippen molar-refractivity contribution in [1.29, 1.82) is 0 Å². The normalized spacial score (nSPS) is 27.3. The Hall–Kier alpha value is -1.27. The predicted molar refractivity (Wildman–Crippen MR) is 49.6 cm³/mol. The third-order valence-electron chi connectivity index (χ3n) is 2.43. The van der Waals surface area contributed by atoms with Crippen molar-refractivity contribution in [3.63, 3.8) is 0 Å². The number of alkyl halides is 3. The molecule has 0 aromatic carbocycles. The smallest absolute Gasteiger partial charge is 0.316 e. The van der Waals surface area contributed by atoms with Crippen molar-refractivity contribution in [2.45, 2.75) is 44.9 Å². The van der Waals surface area contributed by atoms with Crippen molar-refractivity contribution in [3.05, 3.63) is 0 Å². The summed E-state index contributed by atoms with van der Waals surface area (Å²) < 4.78 is 38.0. The van der Waals surface area contributed by atoms with Gasteiger partial charge in [-0.3, -0.25) is 9.69 Å². The van der Waals surface area contributed by atoms with Crippen molar-refractivity contribution in [3.8, 4) is 0 Å². The lowest BCUT2D eigenvalue weighted by atomic mass is 9.99. The van der Waals surface area contributed by atoms with Crippen molar-refractivity contribution < 1.29 is 22.8 Å². The summed E-state index contributed by atoms with van der Waals surface area (Å²) in [5.74, 6) is -1.27. The molecular formula is C9H13F3N2O2. The zero-order valence-corrected chi connectivity index (χ0v) is 9.40. The Morgan fingerprint density at radius 3 is 1.81 bits per heavy atom. The van der Waals surface area contributed by atoms with Gasteiger partial charge in [0.25, 0.3) is 5.91 Å². The topological polar surface area (TPSA) is 49.4 Å². The number of nitrogens with zero attached hydrogens (tertiary/aromatic N) is 1. The zero-order valence-electron chi connectivity index (χ0n) is 9.40. The summed E-state index contributed by atoms with van der Waals surface area (Å²) in [6, 6.07) is -1.02. The van der Waals surface area contributed by atoms with Gasteiger partial charge in [0.15, 0.2) is 0 Å². The van der Waals surface area contributed by atoms with Crippen LogP contribution in [0.4, 0.5) is 18.0 Å². The van der Waals surface area contributed by atoms with Crippen LogP contribution in [-0.4, -0.2) is 34.1 Å². The van der Waals surface area contributed by atoms with Gasteiger partial charge in [0, 0.05) is 5.54 Å². The van der Waals surface area contributed by atoms with Gasteiger partial charge in [0.05, 0.1) is 0 Å². The molecule has 1 fully saturated rings. The molecule has 0 aromatic heterocycles. The minimum atomic E-state index is -4.81. The van der Waals surface area contributed by atoms with E-state index in [9.17, 15) is 22.8 Å². The van der Waals surface area contributed by atoms with Crippen LogP contribution in [0.3, 0.4) is 0 Å². The SMILES string of the molecule is CC(C)(C)N1C(=O)NC(C)(C(F)(F)F)C1=O. The van der Waals surface area contributed by atoms with E-state index in [1.807, 2.05) is 0 Å². The minimum Gasteiger partial charge on any atom is -0.316 e. The number of hydrogen-bond donors (Lipinski definition) is 1. The molecule has 0 saturated carbocycles. The molecule has 0 bridgehead atoms. The first-order chi connectivity index (χ1) is 6.91. The molecular weight excluding hydrogens is 225 g/mol. The maximum Gasteiger partial charge on any atom is 0.420 e. The Kier molecular flexibility index (Phi) is 2.49. The Bertz CT molecular complexity index is 346. The number of carbonyl (C=O) groups excluding carboxylic acids is 2. The molecule has 3 amide bonds. The van der Waals surface area contributed by atoms with E-state index in [2.05, 4.69) is 0 Å². The van der Waals surface area contributed by atoms with Crippen LogP contribution < -0.4 is 5.32 Å². The number of hydrogen-bond acceptors (Lipinski definition) is 2. The highest BCUT2D eigenvalue weighted by molar-refractivity contribution is 6.08. The van der Waals surface area contributed by atoms with Crippen LogP contribution in [0.15, 0.2) is 0 Å². The van der Waals surface area contributed by atoms with Gasteiger partial charge < -0.3 is 5.32 Å². The van der Waals surface area contributed by atoms with E-state index in [0.29, 0.717) is 11.8 Å². The first-order valence-corrected chi connectivity index (χ1v) is 4.65. The second kappa shape index (κ2) is 3.11. The predicted octanol–water partition coefficient (Wildman–Crippen LogP) is 1.66. The van der Waals surface area contributed by atoms with Gasteiger partial charge in [-0.1, -0.05) is 0 Å². The number of urea groups is 1. The average Bonchev–Trinajstić information content (AvgIpc) is 2.20. The van der Waals surface area contributed by atoms with Crippen LogP contribution >= 0.6 is 0 Å². The van der Waals surface area contributed by atoms with Crippen LogP contribution in [0.2, 0.25) is 0 Å². The van der Waals surface area contributed by atoms with E-state index < -0.39 is 29.2 Å². The molecule has 1 unspecified atom stereocenters. The summed E-state index contributed by atoms with van der Waals surface area (Å²) in [5.41, 5.74) is -3.80. The fraction of sp³-hybridized carbons (Fsp3) is 0.778. The van der Waals surface area contributed by atoms with E-state index in [0.717, 1.165) is 0 Å². The number of rotatable bonds is 0. The molecule has 1 rings (SSSR count). The van der Waals surface area contributed by atoms with Gasteiger partial charge in [0.2, 0.25) is 5.54 Å². The summed E-state index contributed by atoms with van der Waals surface area (Å²) >= 11 is 0. The molecule has 7 heteroatoms. The van der Waals surface area contributed by atoms with Crippen molar-refractivity contribution in [2.75, 3.05) is 0 Å². The van der Waals surface area contributed by atoms with Gasteiger partial charge in [-0.05, 0) is 27.7 Å². The molecule has 0 aromatic rings. The van der Waals surface area contributed by atoms with Crippen LogP contribution in [-0.2, 0) is 4.79 Å². The molecule has 92 valence electrons. The second-order valence-corrected chi connectivity index (χ2v) is 4.86. The van der Waals surface area contributed by atoms with Crippen molar-refractivity contribution in [2.24, 2.45) is 0 Å². The Morgan fingerprint density at radius 2 is 1.62 bits per heavy atom. The van der Waals surface area contributed by atoms with Crippen molar-refractivity contribution >= 4 is 11.9 Å². The third kappa shape index (κ3) is 1.64. The minimum absolute atomic E-state index is 0.598. The molecule has 0 radical (unpaired) electrons. The van der Waals surface area contributed by atoms with Gasteiger partial charge in [0.1, 0.15) is 0 Å². The Balaban J connectivity index is 3.19. The number of nitrogens with one attached hydrogen (secondary N) is 1. The lowest BCUT2D eigenvalue weighted by Gasteiger charge is -2.30. The van der Waals surface area contributed by atoms with Gasteiger partial charge >= 0.3 is 12.2 Å². The Labute approximate surface area is 90.8 Å². The lowest BCUT2D eigenvalue weighted by molar-refractivity contribution is -0.192. The highest BCUT2D eigenvalue weighted by Gasteiger charge is 2.65. The standard InChI is InChI=1S/C9H13F3N2O2/c1-7(2,3)14-5(15)8(4,9(10,11)12)13-6(14)16/h1-4H3,(H,13,16). The lowest BCUT2D eigenvalue weighted by Crippen LogP contribution is -2.57. The number of carbonyl (C=O) groups is 2. The molecule has 1 aliphatic heterocycles. The van der Waals surface area contributed by atoms with E-state index in [-0.39, 0.29) is 0 Å². The quantitative estimate of drug-likeness (QED) is 0.652. The maximum atomic E-state index is 12.7. The summed E-state index contributed by atoms with van der Waals surface area (Å²) in [6.07, 6.45) is -4.81. The summed E-state index contributed by atoms with van der Waals surface area (Å²) in [6.45, 7) is 5.14. The molecule has 16 heavy (non-hydrogen) atoms. The number of imide groups is 1. The van der Waals surface area contributed by atoms with Crippen molar-refractivity contribution in [1.82, 2.24) is 10.2 Å². The van der Waals surface area contributed by atoms with E-state index in [4.69, 9.17) is 0 Å². The number of halogens is 3. The molecule has 1 aliphatic rings. The van der Waals surface area contributed by atoms with Crippen LogP contribution in [0, 0.1) is 0 Å². The van der Waals surface area contributed by atoms with E-state index >= 15 is 0 Å². The zero-order chi connectivity index (χ0) is 12.9. The van der Waals surface area contributed by atoms with Crippen LogP contribution in [0.5, 0.6) is 0 Å². The number of amides is 3. The van der Waals surface area contributed by atoms with Gasteiger partial charge in [-0.2, -0.15) is 13.2 Å². The molecule has 1 atom stereocenters. The third-order valence-corrected chi connectivity index (χ3v) is 2.43. The molecule has 0 spiro atoms. The largest absolute Gasteiger partial charge is 0.420 e. The Morgan fingerprint density at radius 1 is 1.19 bits per heavy atom. The van der Waals surface area contributed by atoms with E-state index in [1.54, 1.807) is 5.32 Å². The average molecular weight is 238 g/mol. The summed E-state index contributed by atoms with van der Waals surface area (Å²) in [7, 11) is 0. The van der Waals surface area contributed by atoms with Gasteiger partial charge in [-0.25, -0.2) is 4.79 Å². The highest BCUT2D eigenvalue weighted by Crippen LogP contribution is 2.37. The molecule has 1 N–H and O–H groups in total. The molecule has 4 nitrogen and oxygen atoms in total. The summed E-state index contributed by atoms with van der Waals surface area (Å²) in [4.78, 5) is 23.6. The van der Waals surface area contributed by atoms with Crippen LogP contribution in [0.1, 0.15) is 27.7 Å². The first-order valence-electron chi connectivity index (χ1n) is 4.65. The highest BCUT2D eigenvalue weighted by atomic mass is 19.4. The molecule has 0 aliphatic carbocycles. The molecule has 1 heterocycles. The molecule has 1 saturated heterocycles. The summed E-state index contributed by atoms with van der Waals surface area (Å²) in [5, 5.41) is 1.69. The second-order valence-electron chi connectivity index (χ2n) is 4.86. The van der Waals surface area contributed by atoms with Crippen LogP contribution in [0.25, 0.3) is 0 Å². The fourth-order valence-corrected chi connectivity index (χ4v) is 1.44.